The van der Waals surface area contributed by atoms with Crippen LogP contribution in [0.2, 0.25) is 0 Å². The molecule has 3 heterocycles. The molecule has 0 saturated carbocycles. The number of pyridine rings is 1. The highest BCUT2D eigenvalue weighted by molar-refractivity contribution is 5.96. The lowest BCUT2D eigenvalue weighted by molar-refractivity contribution is -0.141. The van der Waals surface area contributed by atoms with E-state index in [0.717, 1.165) is 4.68 Å². The van der Waals surface area contributed by atoms with Crippen LogP contribution in [0.3, 0.4) is 0 Å². The predicted octanol–water partition coefficient (Wildman–Crippen LogP) is 3.71. The largest absolute Gasteiger partial charge is 0.408 e. The van der Waals surface area contributed by atoms with E-state index in [-0.39, 0.29) is 17.6 Å². The minimum atomic E-state index is -4.50. The Labute approximate surface area is 181 Å². The number of aromatic nitrogens is 3. The number of fused-ring (bicyclic) bond motifs is 1. The molecule has 2 aromatic heterocycles. The molecule has 1 aromatic carbocycles. The fourth-order valence-electron chi connectivity index (χ4n) is 3.82. The molecule has 0 atom stereocenters. The van der Waals surface area contributed by atoms with Gasteiger partial charge in [-0.05, 0) is 43.5 Å². The lowest BCUT2D eigenvalue weighted by atomic mass is 9.94. The van der Waals surface area contributed by atoms with Gasteiger partial charge in [-0.2, -0.15) is 18.3 Å². The molecule has 1 aliphatic heterocycles. The van der Waals surface area contributed by atoms with Crippen LogP contribution in [0.5, 0.6) is 0 Å². The number of likely N-dealkylation sites (tertiary alicyclic amines) is 1. The molecular formula is C22H22F4N4O2. The summed E-state index contributed by atoms with van der Waals surface area (Å²) < 4.78 is 53.5. The van der Waals surface area contributed by atoms with Crippen molar-refractivity contribution in [2.75, 3.05) is 13.1 Å². The number of hydrogen-bond donors (Lipinski definition) is 1. The van der Waals surface area contributed by atoms with Crippen LogP contribution >= 0.6 is 0 Å². The molecule has 4 rings (SSSR count). The molecule has 1 aliphatic rings. The number of alkyl halides is 3. The zero-order valence-electron chi connectivity index (χ0n) is 17.4. The topological polar surface area (TPSA) is 71.2 Å². The first-order valence-electron chi connectivity index (χ1n) is 10.2. The number of piperidine rings is 1. The summed E-state index contributed by atoms with van der Waals surface area (Å²) in [5.74, 6) is -0.813. The van der Waals surface area contributed by atoms with E-state index in [4.69, 9.17) is 0 Å². The van der Waals surface area contributed by atoms with E-state index in [9.17, 15) is 27.5 Å². The van der Waals surface area contributed by atoms with Crippen molar-refractivity contribution in [2.45, 2.75) is 44.5 Å². The number of aliphatic hydroxyl groups is 1. The summed E-state index contributed by atoms with van der Waals surface area (Å²) in [5.41, 5.74) is 0.383. The van der Waals surface area contributed by atoms with Crippen LogP contribution in [-0.2, 0) is 13.0 Å². The number of hydrogen-bond acceptors (Lipinski definition) is 4. The van der Waals surface area contributed by atoms with Crippen LogP contribution in [0.4, 0.5) is 17.6 Å². The van der Waals surface area contributed by atoms with Gasteiger partial charge in [0, 0.05) is 31.1 Å². The quantitative estimate of drug-likeness (QED) is 0.616. The van der Waals surface area contributed by atoms with Crippen molar-refractivity contribution in [3.8, 4) is 0 Å². The van der Waals surface area contributed by atoms with Gasteiger partial charge >= 0.3 is 6.18 Å². The van der Waals surface area contributed by atoms with Crippen LogP contribution in [-0.4, -0.2) is 55.5 Å². The van der Waals surface area contributed by atoms with Gasteiger partial charge in [-0.25, -0.2) is 4.39 Å². The molecule has 0 radical (unpaired) electrons. The average Bonchev–Trinajstić information content (AvgIpc) is 3.04. The Morgan fingerprint density at radius 1 is 1.19 bits per heavy atom. The van der Waals surface area contributed by atoms with Gasteiger partial charge < -0.3 is 10.0 Å². The Balaban J connectivity index is 1.68. The highest BCUT2D eigenvalue weighted by atomic mass is 19.4. The predicted molar refractivity (Wildman–Crippen MR) is 109 cm³/mol. The van der Waals surface area contributed by atoms with Crippen LogP contribution in [0, 0.1) is 5.82 Å². The maximum Gasteiger partial charge on any atom is 0.408 e. The lowest BCUT2D eigenvalue weighted by Gasteiger charge is -2.35. The number of benzene rings is 1. The van der Waals surface area contributed by atoms with Gasteiger partial charge in [-0.1, -0.05) is 12.1 Å². The number of amides is 1. The molecule has 0 unspecified atom stereocenters. The average molecular weight is 450 g/mol. The smallest absolute Gasteiger partial charge is 0.390 e. The van der Waals surface area contributed by atoms with E-state index in [2.05, 4.69) is 10.1 Å². The Kier molecular flexibility index (Phi) is 5.66. The second kappa shape index (κ2) is 8.16. The molecule has 10 heteroatoms. The minimum absolute atomic E-state index is 0.0238. The summed E-state index contributed by atoms with van der Waals surface area (Å²) in [5, 5.41) is 14.6. The Hall–Kier alpha value is -3.01. The Morgan fingerprint density at radius 3 is 2.47 bits per heavy atom. The van der Waals surface area contributed by atoms with Crippen molar-refractivity contribution in [2.24, 2.45) is 0 Å². The van der Waals surface area contributed by atoms with E-state index in [1.807, 2.05) is 0 Å². The molecule has 32 heavy (non-hydrogen) atoms. The van der Waals surface area contributed by atoms with Crippen molar-refractivity contribution in [1.82, 2.24) is 19.7 Å². The first-order valence-corrected chi connectivity index (χ1v) is 10.2. The summed E-state index contributed by atoms with van der Waals surface area (Å²) >= 11 is 0. The molecule has 170 valence electrons. The van der Waals surface area contributed by atoms with E-state index in [0.29, 0.717) is 42.6 Å². The summed E-state index contributed by atoms with van der Waals surface area (Å²) in [6.45, 7) is 1.07. The standard InChI is InChI=1S/C22H22F4N4O2/c1-21(32)6-8-29(9-7-21)20(31)18-11-19-16(12-27-18)17(28-30(19)13-22(24,25)26)10-14-2-4-15(23)5-3-14/h2-5,11-12,32H,6-10,13H2,1H3. The third kappa shape index (κ3) is 4.90. The zero-order chi connectivity index (χ0) is 23.1. The first-order chi connectivity index (χ1) is 15.0. The van der Waals surface area contributed by atoms with Crippen molar-refractivity contribution in [1.29, 1.82) is 0 Å². The van der Waals surface area contributed by atoms with Gasteiger partial charge in [0.1, 0.15) is 18.1 Å². The number of nitrogens with zero attached hydrogens (tertiary/aromatic N) is 4. The van der Waals surface area contributed by atoms with E-state index in [1.54, 1.807) is 19.1 Å². The van der Waals surface area contributed by atoms with Crippen molar-refractivity contribution < 1.29 is 27.5 Å². The van der Waals surface area contributed by atoms with Crippen LogP contribution in [0.25, 0.3) is 10.9 Å². The van der Waals surface area contributed by atoms with Gasteiger partial charge in [-0.3, -0.25) is 14.5 Å². The molecule has 1 N–H and O–H groups in total. The van der Waals surface area contributed by atoms with E-state index in [1.165, 1.54) is 29.3 Å². The highest BCUT2D eigenvalue weighted by Gasteiger charge is 2.32. The second-order valence-electron chi connectivity index (χ2n) is 8.40. The van der Waals surface area contributed by atoms with Crippen molar-refractivity contribution in [3.63, 3.8) is 0 Å². The number of carbonyl (C=O) groups excluding carboxylic acids is 1. The van der Waals surface area contributed by atoms with E-state index < -0.39 is 30.0 Å². The van der Waals surface area contributed by atoms with Crippen molar-refractivity contribution in [3.05, 3.63) is 59.3 Å². The fraction of sp³-hybridized carbons (Fsp3) is 0.409. The van der Waals surface area contributed by atoms with Gasteiger partial charge in [0.25, 0.3) is 5.91 Å². The molecule has 0 bridgehead atoms. The normalized spacial score (nSPS) is 16.5. The van der Waals surface area contributed by atoms with Crippen LogP contribution in [0.1, 0.15) is 41.5 Å². The van der Waals surface area contributed by atoms with Gasteiger partial charge in [0.15, 0.2) is 0 Å². The van der Waals surface area contributed by atoms with Crippen LogP contribution < -0.4 is 0 Å². The maximum absolute atomic E-state index is 13.2. The maximum atomic E-state index is 13.2. The highest BCUT2D eigenvalue weighted by Crippen LogP contribution is 2.27. The first kappa shape index (κ1) is 22.2. The summed E-state index contributed by atoms with van der Waals surface area (Å²) in [6.07, 6.45) is -2.12. The minimum Gasteiger partial charge on any atom is -0.390 e. The van der Waals surface area contributed by atoms with Gasteiger partial charge in [0.05, 0.1) is 16.8 Å². The summed E-state index contributed by atoms with van der Waals surface area (Å²) in [4.78, 5) is 18.6. The van der Waals surface area contributed by atoms with E-state index >= 15 is 0 Å². The molecule has 3 aromatic rings. The number of rotatable bonds is 4. The third-order valence-corrected chi connectivity index (χ3v) is 5.67. The third-order valence-electron chi connectivity index (χ3n) is 5.67. The molecule has 1 amide bonds. The van der Waals surface area contributed by atoms with Crippen LogP contribution in [0.15, 0.2) is 36.5 Å². The summed E-state index contributed by atoms with van der Waals surface area (Å²) in [6, 6.07) is 6.96. The monoisotopic (exact) mass is 450 g/mol. The SMILES string of the molecule is CC1(O)CCN(C(=O)c2cc3c(cn2)c(Cc2ccc(F)cc2)nn3CC(F)(F)F)CC1. The number of halogens is 4. The molecule has 1 fully saturated rings. The molecule has 1 saturated heterocycles. The number of carbonyl (C=O) groups is 1. The second-order valence-corrected chi connectivity index (χ2v) is 8.40. The Morgan fingerprint density at radius 2 is 1.84 bits per heavy atom. The van der Waals surface area contributed by atoms with Crippen molar-refractivity contribution >= 4 is 16.8 Å². The zero-order valence-corrected chi connectivity index (χ0v) is 17.4. The molecule has 6 nitrogen and oxygen atoms in total. The molecule has 0 aliphatic carbocycles. The van der Waals surface area contributed by atoms with Gasteiger partial charge in [-0.15, -0.1) is 0 Å². The fourth-order valence-corrected chi connectivity index (χ4v) is 3.82. The molecular weight excluding hydrogens is 428 g/mol. The summed E-state index contributed by atoms with van der Waals surface area (Å²) in [7, 11) is 0. The Bertz CT molecular complexity index is 1130. The van der Waals surface area contributed by atoms with Gasteiger partial charge in [0.2, 0.25) is 0 Å². The molecule has 0 spiro atoms. The lowest BCUT2D eigenvalue weighted by Crippen LogP contribution is -2.45.